The minimum Gasteiger partial charge on any atom is -0.400 e. The van der Waals surface area contributed by atoms with Gasteiger partial charge in [-0.25, -0.2) is 0 Å². The minimum absolute atomic E-state index is 0.480. The molecule has 0 spiro atoms. The standard InChI is InChI=1S/C28H46O.C2H6.CH4O/c1-20-10-7-12-23(22(20)3)14-15-24-13-9-19-28(6)25(16-17-26(24)28)21(2)11-8-18-27(4,5)29;2*1-2/h14-15,20-21,25-26,29H,3,7-13,16-19H2,1-2,4-6H3;1-2H3;2H,1H3/b23-14-,24-15+;;/t20?,21-,25?,26?,28?;;/m1../s1. The van der Waals surface area contributed by atoms with E-state index in [1.807, 2.05) is 27.7 Å². The van der Waals surface area contributed by atoms with Gasteiger partial charge in [-0.1, -0.05) is 71.8 Å². The molecule has 33 heavy (non-hydrogen) atoms. The number of hydrogen-bond acceptors (Lipinski definition) is 2. The summed E-state index contributed by atoms with van der Waals surface area (Å²) in [7, 11) is 1.00. The molecule has 3 fully saturated rings. The average molecular weight is 461 g/mol. The van der Waals surface area contributed by atoms with E-state index in [9.17, 15) is 5.11 Å². The molecule has 0 bridgehead atoms. The molecule has 4 unspecified atom stereocenters. The van der Waals surface area contributed by atoms with Crippen LogP contribution >= 0.6 is 0 Å². The van der Waals surface area contributed by atoms with Gasteiger partial charge in [0.25, 0.3) is 0 Å². The maximum absolute atomic E-state index is 10.1. The smallest absolute Gasteiger partial charge is 0.0591 e. The van der Waals surface area contributed by atoms with E-state index >= 15 is 0 Å². The first-order valence-electron chi connectivity index (χ1n) is 13.9. The van der Waals surface area contributed by atoms with Crippen LogP contribution in [0.5, 0.6) is 0 Å². The van der Waals surface area contributed by atoms with Gasteiger partial charge in [0.1, 0.15) is 0 Å². The number of rotatable bonds is 6. The predicted octanol–water partition coefficient (Wildman–Crippen LogP) is 8.64. The second-order valence-corrected chi connectivity index (χ2v) is 11.5. The molecule has 3 saturated carbocycles. The Bertz CT molecular complexity index is 650. The van der Waals surface area contributed by atoms with Gasteiger partial charge in [0, 0.05) is 7.11 Å². The van der Waals surface area contributed by atoms with Crippen LogP contribution in [0.15, 0.2) is 35.5 Å². The maximum atomic E-state index is 10.1. The molecule has 3 aliphatic rings. The third-order valence-corrected chi connectivity index (χ3v) is 8.76. The van der Waals surface area contributed by atoms with E-state index in [0.717, 1.165) is 37.7 Å². The first-order valence-corrected chi connectivity index (χ1v) is 13.9. The van der Waals surface area contributed by atoms with Crippen molar-refractivity contribution in [2.75, 3.05) is 7.11 Å². The molecular weight excluding hydrogens is 404 g/mol. The van der Waals surface area contributed by atoms with Crippen molar-refractivity contribution in [1.29, 1.82) is 0 Å². The lowest BCUT2D eigenvalue weighted by Gasteiger charge is -2.44. The number of aliphatic hydroxyl groups is 2. The monoisotopic (exact) mass is 460 g/mol. The number of fused-ring (bicyclic) bond motifs is 1. The van der Waals surface area contributed by atoms with Crippen LogP contribution in [-0.4, -0.2) is 22.9 Å². The second kappa shape index (κ2) is 13.9. The molecular formula is C31H56O2. The van der Waals surface area contributed by atoms with Gasteiger partial charge in [0.05, 0.1) is 5.60 Å². The molecule has 3 aliphatic carbocycles. The lowest BCUT2D eigenvalue weighted by atomic mass is 9.60. The molecule has 0 amide bonds. The number of aliphatic hydroxyl groups excluding tert-OH is 1. The van der Waals surface area contributed by atoms with Gasteiger partial charge in [-0.05, 0) is 112 Å². The van der Waals surface area contributed by atoms with Crippen molar-refractivity contribution in [2.24, 2.45) is 29.1 Å². The Hall–Kier alpha value is -0.860. The molecule has 0 saturated heterocycles. The first kappa shape index (κ1) is 30.2. The summed E-state index contributed by atoms with van der Waals surface area (Å²) in [5, 5.41) is 17.1. The van der Waals surface area contributed by atoms with Crippen LogP contribution in [0.3, 0.4) is 0 Å². The topological polar surface area (TPSA) is 40.5 Å². The summed E-state index contributed by atoms with van der Waals surface area (Å²) < 4.78 is 0. The summed E-state index contributed by atoms with van der Waals surface area (Å²) in [4.78, 5) is 0. The van der Waals surface area contributed by atoms with E-state index in [-0.39, 0.29) is 0 Å². The summed E-state index contributed by atoms with van der Waals surface area (Å²) in [6, 6.07) is 0. The highest BCUT2D eigenvalue weighted by molar-refractivity contribution is 5.36. The normalized spacial score (nSPS) is 33.0. The minimum atomic E-state index is -0.517. The average Bonchev–Trinajstić information content (AvgIpc) is 3.14. The van der Waals surface area contributed by atoms with Gasteiger partial charge in [0.15, 0.2) is 0 Å². The van der Waals surface area contributed by atoms with E-state index in [1.165, 1.54) is 68.9 Å². The van der Waals surface area contributed by atoms with Crippen LogP contribution in [0.4, 0.5) is 0 Å². The lowest BCUT2D eigenvalue weighted by molar-refractivity contribution is 0.0597. The van der Waals surface area contributed by atoms with Gasteiger partial charge >= 0.3 is 0 Å². The molecule has 192 valence electrons. The SMILES string of the molecule is C=C1/C(=C\C=C2/CCCC3(C)C2CCC3[C@H](C)CCCC(C)(C)O)CCCC1C.CC.CO. The third kappa shape index (κ3) is 8.10. The van der Waals surface area contributed by atoms with Gasteiger partial charge in [-0.3, -0.25) is 0 Å². The Labute approximate surface area is 206 Å². The van der Waals surface area contributed by atoms with Crippen LogP contribution in [0, 0.1) is 29.1 Å². The molecule has 0 aromatic heterocycles. The van der Waals surface area contributed by atoms with Crippen molar-refractivity contribution in [3.63, 3.8) is 0 Å². The van der Waals surface area contributed by atoms with E-state index in [1.54, 1.807) is 5.57 Å². The molecule has 0 aliphatic heterocycles. The molecule has 2 nitrogen and oxygen atoms in total. The third-order valence-electron chi connectivity index (χ3n) is 8.76. The predicted molar refractivity (Wildman–Crippen MR) is 145 cm³/mol. The zero-order valence-electron chi connectivity index (χ0n) is 23.3. The Morgan fingerprint density at radius 1 is 1.09 bits per heavy atom. The second-order valence-electron chi connectivity index (χ2n) is 11.5. The fraction of sp³-hybridized carbons (Fsp3) is 0.806. The Balaban J connectivity index is 0.00000129. The van der Waals surface area contributed by atoms with Crippen LogP contribution in [0.1, 0.15) is 119 Å². The van der Waals surface area contributed by atoms with Crippen LogP contribution in [-0.2, 0) is 0 Å². The largest absolute Gasteiger partial charge is 0.400 e. The molecule has 2 N–H and O–H groups in total. The highest BCUT2D eigenvalue weighted by atomic mass is 16.3. The highest BCUT2D eigenvalue weighted by Crippen LogP contribution is 2.60. The van der Waals surface area contributed by atoms with Crippen molar-refractivity contribution < 1.29 is 10.2 Å². The van der Waals surface area contributed by atoms with Crippen molar-refractivity contribution in [2.45, 2.75) is 125 Å². The van der Waals surface area contributed by atoms with Gasteiger partial charge in [-0.2, -0.15) is 0 Å². The molecule has 3 rings (SSSR count). The van der Waals surface area contributed by atoms with Gasteiger partial charge in [0.2, 0.25) is 0 Å². The zero-order valence-corrected chi connectivity index (χ0v) is 23.3. The van der Waals surface area contributed by atoms with Crippen molar-refractivity contribution in [1.82, 2.24) is 0 Å². The van der Waals surface area contributed by atoms with Crippen LogP contribution in [0.2, 0.25) is 0 Å². The summed E-state index contributed by atoms with van der Waals surface area (Å²) in [6.45, 7) is 19.7. The fourth-order valence-corrected chi connectivity index (χ4v) is 6.92. The van der Waals surface area contributed by atoms with Crippen LogP contribution in [0.25, 0.3) is 0 Å². The van der Waals surface area contributed by atoms with Gasteiger partial charge in [-0.15, -0.1) is 0 Å². The Morgan fingerprint density at radius 3 is 2.39 bits per heavy atom. The van der Waals surface area contributed by atoms with E-state index in [0.29, 0.717) is 11.3 Å². The van der Waals surface area contributed by atoms with Crippen molar-refractivity contribution in [3.8, 4) is 0 Å². The summed E-state index contributed by atoms with van der Waals surface area (Å²) in [5.74, 6) is 3.05. The molecule has 0 aromatic carbocycles. The maximum Gasteiger partial charge on any atom is 0.0591 e. The van der Waals surface area contributed by atoms with E-state index in [4.69, 9.17) is 5.11 Å². The number of hydrogen-bond donors (Lipinski definition) is 2. The highest BCUT2D eigenvalue weighted by Gasteiger charge is 2.50. The molecule has 2 heteroatoms. The number of allylic oxidation sites excluding steroid dienone is 5. The molecule has 0 aromatic rings. The van der Waals surface area contributed by atoms with E-state index < -0.39 is 5.60 Å². The Morgan fingerprint density at radius 2 is 1.76 bits per heavy atom. The lowest BCUT2D eigenvalue weighted by Crippen LogP contribution is -2.36. The van der Waals surface area contributed by atoms with E-state index in [2.05, 4.69) is 39.5 Å². The molecule has 5 atom stereocenters. The fourth-order valence-electron chi connectivity index (χ4n) is 6.92. The summed E-state index contributed by atoms with van der Waals surface area (Å²) >= 11 is 0. The quantitative estimate of drug-likeness (QED) is 0.416. The van der Waals surface area contributed by atoms with Gasteiger partial charge < -0.3 is 10.2 Å². The zero-order chi connectivity index (χ0) is 25.2. The van der Waals surface area contributed by atoms with Crippen molar-refractivity contribution >= 4 is 0 Å². The van der Waals surface area contributed by atoms with Crippen LogP contribution < -0.4 is 0 Å². The summed E-state index contributed by atoms with van der Waals surface area (Å²) in [5.41, 5.74) is 4.59. The molecule has 0 heterocycles. The Kier molecular flexibility index (Phi) is 12.7. The first-order chi connectivity index (χ1) is 15.6. The summed E-state index contributed by atoms with van der Waals surface area (Å²) in [6.07, 6.45) is 19.0. The van der Waals surface area contributed by atoms with Crippen molar-refractivity contribution in [3.05, 3.63) is 35.5 Å². The molecule has 0 radical (unpaired) electrons.